The average molecular weight is 278 g/mol. The van der Waals surface area contributed by atoms with Crippen molar-refractivity contribution in [2.75, 3.05) is 0 Å². The summed E-state index contributed by atoms with van der Waals surface area (Å²) in [6.07, 6.45) is 3.61. The van der Waals surface area contributed by atoms with Crippen molar-refractivity contribution in [2.45, 2.75) is 19.8 Å². The molecule has 1 aromatic carbocycles. The van der Waals surface area contributed by atoms with E-state index in [0.29, 0.717) is 10.6 Å². The third-order valence-electron chi connectivity index (χ3n) is 3.27. The molecule has 0 heterocycles. The number of halogens is 1. The Kier molecular flexibility index (Phi) is 3.90. The van der Waals surface area contributed by atoms with Gasteiger partial charge in [-0.1, -0.05) is 24.6 Å². The summed E-state index contributed by atoms with van der Waals surface area (Å²) >= 11 is 5.99. The number of aliphatic imine (C=N–C) groups is 1. The van der Waals surface area contributed by atoms with Gasteiger partial charge in [-0.2, -0.15) is 4.99 Å². The number of hydrogen-bond acceptors (Lipinski definition) is 1. The van der Waals surface area contributed by atoms with Crippen LogP contribution in [0.2, 0.25) is 5.02 Å². The molecule has 0 aromatic heterocycles. The number of hydrogen-bond donors (Lipinski definition) is 2. The minimum atomic E-state index is -0.365. The molecule has 0 spiro atoms. The first-order chi connectivity index (χ1) is 8.97. The van der Waals surface area contributed by atoms with Crippen LogP contribution in [0.3, 0.4) is 0 Å². The van der Waals surface area contributed by atoms with Crippen LogP contribution >= 0.6 is 11.6 Å². The fourth-order valence-electron chi connectivity index (χ4n) is 2.22. The molecule has 4 nitrogen and oxygen atoms in total. The van der Waals surface area contributed by atoms with Crippen LogP contribution in [-0.2, 0) is 11.2 Å². The van der Waals surface area contributed by atoms with Gasteiger partial charge in [0.2, 0.25) is 0 Å². The Labute approximate surface area is 117 Å². The number of nitrogens with two attached hydrogens (primary N) is 2. The van der Waals surface area contributed by atoms with Crippen molar-refractivity contribution in [1.82, 2.24) is 0 Å². The van der Waals surface area contributed by atoms with Crippen LogP contribution in [0, 0.1) is 5.92 Å². The van der Waals surface area contributed by atoms with Crippen LogP contribution < -0.4 is 11.5 Å². The molecule has 1 amide bonds. The number of fused-ring (bicyclic) bond motifs is 1. The molecule has 100 valence electrons. The van der Waals surface area contributed by atoms with Gasteiger partial charge in [0.15, 0.2) is 5.96 Å². The van der Waals surface area contributed by atoms with E-state index in [1.54, 1.807) is 0 Å². The van der Waals surface area contributed by atoms with E-state index >= 15 is 0 Å². The van der Waals surface area contributed by atoms with Gasteiger partial charge < -0.3 is 11.5 Å². The summed E-state index contributed by atoms with van der Waals surface area (Å²) in [6, 6.07) is 5.67. The smallest absolute Gasteiger partial charge is 0.276 e. The van der Waals surface area contributed by atoms with Crippen molar-refractivity contribution < 1.29 is 4.79 Å². The normalized spacial score (nSPS) is 18.0. The number of carbonyl (C=O) groups is 1. The molecule has 4 N–H and O–H groups in total. The standard InChI is InChI=1S/C14H16ClN3O/c1-8-2-3-9-6-11(15)5-4-10(9)7-12(8)13(19)18-14(16)17/h4-8H,2-3H2,1H3,(H4,16,17,18,19). The van der Waals surface area contributed by atoms with E-state index in [9.17, 15) is 4.79 Å². The average Bonchev–Trinajstić information content (AvgIpc) is 2.48. The van der Waals surface area contributed by atoms with E-state index in [0.717, 1.165) is 24.0 Å². The summed E-state index contributed by atoms with van der Waals surface area (Å²) in [4.78, 5) is 15.6. The molecule has 19 heavy (non-hydrogen) atoms. The molecule has 0 saturated heterocycles. The molecule has 2 rings (SSSR count). The zero-order valence-electron chi connectivity index (χ0n) is 10.7. The minimum absolute atomic E-state index is 0.113. The highest BCUT2D eigenvalue weighted by molar-refractivity contribution is 6.30. The quantitative estimate of drug-likeness (QED) is 0.609. The third kappa shape index (κ3) is 3.15. The molecule has 1 aliphatic carbocycles. The van der Waals surface area contributed by atoms with E-state index in [1.807, 2.05) is 31.2 Å². The predicted molar refractivity (Wildman–Crippen MR) is 77.7 cm³/mol. The number of nitrogens with zero attached hydrogens (tertiary/aromatic N) is 1. The maximum absolute atomic E-state index is 12.0. The Bertz CT molecular complexity index is 574. The lowest BCUT2D eigenvalue weighted by Crippen LogP contribution is -2.25. The second-order valence-corrected chi connectivity index (χ2v) is 5.16. The van der Waals surface area contributed by atoms with Gasteiger partial charge in [-0.3, -0.25) is 4.79 Å². The molecular weight excluding hydrogens is 262 g/mol. The summed E-state index contributed by atoms with van der Waals surface area (Å²) in [5.74, 6) is -0.462. The molecule has 0 saturated carbocycles. The Morgan fingerprint density at radius 2 is 2.16 bits per heavy atom. The minimum Gasteiger partial charge on any atom is -0.370 e. The fourth-order valence-corrected chi connectivity index (χ4v) is 2.42. The largest absolute Gasteiger partial charge is 0.370 e. The Balaban J connectivity index is 2.44. The first-order valence-electron chi connectivity index (χ1n) is 6.11. The van der Waals surface area contributed by atoms with Crippen molar-refractivity contribution in [2.24, 2.45) is 22.4 Å². The first-order valence-corrected chi connectivity index (χ1v) is 6.49. The summed E-state index contributed by atoms with van der Waals surface area (Å²) < 4.78 is 0. The molecule has 0 aliphatic heterocycles. The summed E-state index contributed by atoms with van der Waals surface area (Å²) in [5.41, 5.74) is 13.3. The van der Waals surface area contributed by atoms with E-state index in [-0.39, 0.29) is 17.8 Å². The molecule has 1 aromatic rings. The van der Waals surface area contributed by atoms with Gasteiger partial charge in [0.05, 0.1) is 0 Å². The van der Waals surface area contributed by atoms with E-state index < -0.39 is 0 Å². The predicted octanol–water partition coefficient (Wildman–Crippen LogP) is 2.11. The van der Waals surface area contributed by atoms with Gasteiger partial charge in [0.25, 0.3) is 5.91 Å². The monoisotopic (exact) mass is 277 g/mol. The number of rotatable bonds is 1. The van der Waals surface area contributed by atoms with Crippen LogP contribution in [0.5, 0.6) is 0 Å². The molecule has 1 unspecified atom stereocenters. The third-order valence-corrected chi connectivity index (χ3v) is 3.51. The number of carbonyl (C=O) groups excluding carboxylic acids is 1. The van der Waals surface area contributed by atoms with Gasteiger partial charge in [-0.05, 0) is 48.1 Å². The maximum Gasteiger partial charge on any atom is 0.276 e. The Morgan fingerprint density at radius 3 is 2.84 bits per heavy atom. The Hall–Kier alpha value is -1.81. The van der Waals surface area contributed by atoms with Crippen molar-refractivity contribution in [1.29, 1.82) is 0 Å². The number of benzene rings is 1. The summed E-state index contributed by atoms with van der Waals surface area (Å²) in [5, 5.41) is 0.707. The van der Waals surface area contributed by atoms with Gasteiger partial charge in [0, 0.05) is 10.6 Å². The molecule has 0 radical (unpaired) electrons. The first kappa shape index (κ1) is 13.6. The molecule has 1 atom stereocenters. The second-order valence-electron chi connectivity index (χ2n) is 4.72. The van der Waals surface area contributed by atoms with Crippen LogP contribution in [0.15, 0.2) is 28.8 Å². The molecular formula is C14H16ClN3O. The van der Waals surface area contributed by atoms with Crippen LogP contribution in [0.1, 0.15) is 24.5 Å². The van der Waals surface area contributed by atoms with Crippen molar-refractivity contribution >= 4 is 29.5 Å². The molecule has 5 heteroatoms. The van der Waals surface area contributed by atoms with Crippen LogP contribution in [-0.4, -0.2) is 11.9 Å². The number of guanidine groups is 1. The van der Waals surface area contributed by atoms with Crippen LogP contribution in [0.4, 0.5) is 0 Å². The number of aryl methyl sites for hydroxylation is 1. The molecule has 0 bridgehead atoms. The zero-order chi connectivity index (χ0) is 14.0. The van der Waals surface area contributed by atoms with Gasteiger partial charge in [0.1, 0.15) is 0 Å². The summed E-state index contributed by atoms with van der Waals surface area (Å²) in [7, 11) is 0. The van der Waals surface area contributed by atoms with E-state index in [2.05, 4.69) is 4.99 Å². The van der Waals surface area contributed by atoms with Crippen molar-refractivity contribution in [3.05, 3.63) is 39.9 Å². The second kappa shape index (κ2) is 5.45. The topological polar surface area (TPSA) is 81.5 Å². The van der Waals surface area contributed by atoms with Gasteiger partial charge >= 0.3 is 0 Å². The van der Waals surface area contributed by atoms with Crippen molar-refractivity contribution in [3.63, 3.8) is 0 Å². The zero-order valence-corrected chi connectivity index (χ0v) is 11.4. The molecule has 1 aliphatic rings. The van der Waals surface area contributed by atoms with Crippen molar-refractivity contribution in [3.8, 4) is 0 Å². The lowest BCUT2D eigenvalue weighted by molar-refractivity contribution is -0.114. The maximum atomic E-state index is 12.0. The molecule has 0 fully saturated rings. The lowest BCUT2D eigenvalue weighted by Gasteiger charge is -2.09. The highest BCUT2D eigenvalue weighted by Gasteiger charge is 2.21. The highest BCUT2D eigenvalue weighted by Crippen LogP contribution is 2.29. The van der Waals surface area contributed by atoms with E-state index in [1.165, 1.54) is 0 Å². The number of amides is 1. The highest BCUT2D eigenvalue weighted by atomic mass is 35.5. The van der Waals surface area contributed by atoms with Crippen LogP contribution in [0.25, 0.3) is 6.08 Å². The van der Waals surface area contributed by atoms with Gasteiger partial charge in [-0.15, -0.1) is 0 Å². The summed E-state index contributed by atoms with van der Waals surface area (Å²) in [6.45, 7) is 2.00. The van der Waals surface area contributed by atoms with E-state index in [4.69, 9.17) is 23.1 Å². The van der Waals surface area contributed by atoms with Gasteiger partial charge in [-0.25, -0.2) is 0 Å². The Morgan fingerprint density at radius 1 is 1.42 bits per heavy atom. The fraction of sp³-hybridized carbons (Fsp3) is 0.286. The lowest BCUT2D eigenvalue weighted by atomic mass is 9.96. The SMILES string of the molecule is CC1CCc2cc(Cl)ccc2C=C1C(=O)N=C(N)N.